The number of carbonyl (C=O) groups is 1. The molecule has 0 aliphatic carbocycles. The maximum absolute atomic E-state index is 11.0. The van der Waals surface area contributed by atoms with Gasteiger partial charge in [-0.25, -0.2) is 4.79 Å². The van der Waals surface area contributed by atoms with Gasteiger partial charge in [0.15, 0.2) is 0 Å². The Bertz CT molecular complexity index is 597. The van der Waals surface area contributed by atoms with E-state index in [9.17, 15) is 4.79 Å². The second kappa shape index (κ2) is 4.83. The van der Waals surface area contributed by atoms with Crippen molar-refractivity contribution in [3.63, 3.8) is 0 Å². The van der Waals surface area contributed by atoms with Crippen LogP contribution in [-0.2, 0) is 0 Å². The molecule has 2 rings (SSSR count). The molecule has 0 spiro atoms. The average molecular weight is 244 g/mol. The smallest absolute Gasteiger partial charge is 0.335 e. The van der Waals surface area contributed by atoms with Crippen LogP contribution in [0.15, 0.2) is 30.6 Å². The van der Waals surface area contributed by atoms with Crippen molar-refractivity contribution in [1.29, 1.82) is 0 Å². The van der Waals surface area contributed by atoms with E-state index >= 15 is 0 Å². The van der Waals surface area contributed by atoms with Gasteiger partial charge in [-0.15, -0.1) is 0 Å². The lowest BCUT2D eigenvalue weighted by Gasteiger charge is -2.08. The third-order valence-electron chi connectivity index (χ3n) is 2.48. The number of aromatic nitrogens is 2. The van der Waals surface area contributed by atoms with Gasteiger partial charge >= 0.3 is 5.97 Å². The minimum Gasteiger partial charge on any atom is -0.496 e. The molecular formula is C13H12N2O3. The molecular weight excluding hydrogens is 232 g/mol. The third-order valence-corrected chi connectivity index (χ3v) is 2.48. The Kier molecular flexibility index (Phi) is 3.23. The molecule has 5 heteroatoms. The summed E-state index contributed by atoms with van der Waals surface area (Å²) < 4.78 is 5.21. The lowest BCUT2D eigenvalue weighted by molar-refractivity contribution is 0.0696. The molecule has 0 saturated carbocycles. The highest BCUT2D eigenvalue weighted by molar-refractivity contribution is 5.89. The molecule has 0 fully saturated rings. The molecule has 5 nitrogen and oxygen atoms in total. The van der Waals surface area contributed by atoms with E-state index in [0.717, 1.165) is 0 Å². The second-order valence-electron chi connectivity index (χ2n) is 3.76. The molecule has 2 aromatic heterocycles. The van der Waals surface area contributed by atoms with E-state index in [4.69, 9.17) is 9.84 Å². The highest BCUT2D eigenvalue weighted by Gasteiger charge is 2.11. The fourth-order valence-electron chi connectivity index (χ4n) is 1.68. The summed E-state index contributed by atoms with van der Waals surface area (Å²) >= 11 is 0. The lowest BCUT2D eigenvalue weighted by atomic mass is 10.1. The molecule has 0 aliphatic heterocycles. The number of aryl methyl sites for hydroxylation is 1. The molecule has 0 bridgehead atoms. The number of carboxylic acids is 1. The highest BCUT2D eigenvalue weighted by atomic mass is 16.5. The van der Waals surface area contributed by atoms with E-state index in [1.54, 1.807) is 32.5 Å². The molecule has 2 aromatic rings. The standard InChI is InChI=1S/C13H12N2O3/c1-8-5-9(13(16)17)6-11(15-8)10-7-14-4-3-12(10)18-2/h3-7H,1-2H3,(H,16,17). The molecule has 0 saturated heterocycles. The Morgan fingerprint density at radius 2 is 2.17 bits per heavy atom. The summed E-state index contributed by atoms with van der Waals surface area (Å²) in [4.78, 5) is 19.3. The van der Waals surface area contributed by atoms with Crippen LogP contribution in [-0.4, -0.2) is 28.2 Å². The Balaban J connectivity index is 2.60. The Morgan fingerprint density at radius 3 is 2.83 bits per heavy atom. The van der Waals surface area contributed by atoms with Gasteiger partial charge in [0, 0.05) is 18.1 Å². The predicted molar refractivity (Wildman–Crippen MR) is 65.7 cm³/mol. The van der Waals surface area contributed by atoms with E-state index in [-0.39, 0.29) is 5.56 Å². The average Bonchev–Trinajstić information content (AvgIpc) is 2.38. The number of methoxy groups -OCH3 is 1. The van der Waals surface area contributed by atoms with Crippen LogP contribution >= 0.6 is 0 Å². The number of hydrogen-bond acceptors (Lipinski definition) is 4. The van der Waals surface area contributed by atoms with Gasteiger partial charge in [0.1, 0.15) is 5.75 Å². The predicted octanol–water partition coefficient (Wildman–Crippen LogP) is 2.16. The minimum absolute atomic E-state index is 0.198. The summed E-state index contributed by atoms with van der Waals surface area (Å²) in [6.07, 6.45) is 3.21. The Morgan fingerprint density at radius 1 is 1.39 bits per heavy atom. The number of pyridine rings is 2. The monoisotopic (exact) mass is 244 g/mol. The molecule has 0 aliphatic rings. The zero-order valence-electron chi connectivity index (χ0n) is 10.0. The van der Waals surface area contributed by atoms with Gasteiger partial charge < -0.3 is 9.84 Å². The van der Waals surface area contributed by atoms with Gasteiger partial charge in [-0.05, 0) is 25.1 Å². The minimum atomic E-state index is -0.982. The number of carboxylic acid groups (broad SMARTS) is 1. The SMILES string of the molecule is COc1ccncc1-c1cc(C(=O)O)cc(C)n1. The largest absolute Gasteiger partial charge is 0.496 e. The van der Waals surface area contributed by atoms with E-state index in [1.165, 1.54) is 12.1 Å². The van der Waals surface area contributed by atoms with Crippen molar-refractivity contribution in [3.05, 3.63) is 41.9 Å². The van der Waals surface area contributed by atoms with E-state index in [2.05, 4.69) is 9.97 Å². The van der Waals surface area contributed by atoms with Crippen molar-refractivity contribution in [2.45, 2.75) is 6.92 Å². The van der Waals surface area contributed by atoms with Crippen molar-refractivity contribution in [2.24, 2.45) is 0 Å². The van der Waals surface area contributed by atoms with Crippen LogP contribution in [0.3, 0.4) is 0 Å². The van der Waals surface area contributed by atoms with Crippen molar-refractivity contribution in [1.82, 2.24) is 9.97 Å². The molecule has 0 amide bonds. The Labute approximate surface area is 104 Å². The van der Waals surface area contributed by atoms with Gasteiger partial charge in [-0.2, -0.15) is 0 Å². The zero-order chi connectivity index (χ0) is 13.1. The first-order chi connectivity index (χ1) is 8.61. The summed E-state index contributed by atoms with van der Waals surface area (Å²) in [7, 11) is 1.55. The molecule has 1 N–H and O–H groups in total. The van der Waals surface area contributed by atoms with Crippen LogP contribution in [0, 0.1) is 6.92 Å². The molecule has 2 heterocycles. The lowest BCUT2D eigenvalue weighted by Crippen LogP contribution is -2.00. The van der Waals surface area contributed by atoms with Crippen LogP contribution in [0.1, 0.15) is 16.1 Å². The third kappa shape index (κ3) is 2.29. The number of ether oxygens (including phenoxy) is 1. The summed E-state index contributed by atoms with van der Waals surface area (Å²) in [5, 5.41) is 9.03. The summed E-state index contributed by atoms with van der Waals surface area (Å²) in [6.45, 7) is 1.75. The van der Waals surface area contributed by atoms with Crippen LogP contribution in [0.2, 0.25) is 0 Å². The van der Waals surface area contributed by atoms with Crippen molar-refractivity contribution in [3.8, 4) is 17.0 Å². The van der Waals surface area contributed by atoms with Gasteiger partial charge in [0.25, 0.3) is 0 Å². The first kappa shape index (κ1) is 12.0. The van der Waals surface area contributed by atoms with Crippen LogP contribution in [0.5, 0.6) is 5.75 Å². The zero-order valence-corrected chi connectivity index (χ0v) is 10.0. The topological polar surface area (TPSA) is 72.3 Å². The van der Waals surface area contributed by atoms with E-state index in [1.807, 2.05) is 0 Å². The molecule has 18 heavy (non-hydrogen) atoms. The first-order valence-corrected chi connectivity index (χ1v) is 5.32. The van der Waals surface area contributed by atoms with E-state index in [0.29, 0.717) is 22.7 Å². The van der Waals surface area contributed by atoms with Crippen LogP contribution < -0.4 is 4.74 Å². The molecule has 0 aromatic carbocycles. The number of hydrogen-bond donors (Lipinski definition) is 1. The van der Waals surface area contributed by atoms with Crippen molar-refractivity contribution < 1.29 is 14.6 Å². The van der Waals surface area contributed by atoms with Gasteiger partial charge in [0.05, 0.1) is 23.9 Å². The summed E-state index contributed by atoms with van der Waals surface area (Å²) in [5.41, 5.74) is 2.04. The summed E-state index contributed by atoms with van der Waals surface area (Å²) in [5.74, 6) is -0.371. The fourth-order valence-corrected chi connectivity index (χ4v) is 1.68. The quantitative estimate of drug-likeness (QED) is 0.895. The molecule has 0 unspecified atom stereocenters. The fraction of sp³-hybridized carbons (Fsp3) is 0.154. The van der Waals surface area contributed by atoms with Crippen molar-refractivity contribution in [2.75, 3.05) is 7.11 Å². The number of rotatable bonds is 3. The Hall–Kier alpha value is -2.43. The highest BCUT2D eigenvalue weighted by Crippen LogP contribution is 2.27. The van der Waals surface area contributed by atoms with Gasteiger partial charge in [-0.1, -0.05) is 0 Å². The molecule has 0 radical (unpaired) electrons. The maximum atomic E-state index is 11.0. The number of nitrogens with zero attached hydrogens (tertiary/aromatic N) is 2. The molecule has 92 valence electrons. The summed E-state index contributed by atoms with van der Waals surface area (Å²) in [6, 6.07) is 4.74. The van der Waals surface area contributed by atoms with Crippen molar-refractivity contribution >= 4 is 5.97 Å². The van der Waals surface area contributed by atoms with Gasteiger partial charge in [-0.3, -0.25) is 9.97 Å². The normalized spacial score (nSPS) is 10.1. The van der Waals surface area contributed by atoms with Crippen LogP contribution in [0.25, 0.3) is 11.3 Å². The second-order valence-corrected chi connectivity index (χ2v) is 3.76. The number of aromatic carboxylic acids is 1. The van der Waals surface area contributed by atoms with E-state index < -0.39 is 5.97 Å². The van der Waals surface area contributed by atoms with Gasteiger partial charge in [0.2, 0.25) is 0 Å². The molecule has 0 atom stereocenters. The maximum Gasteiger partial charge on any atom is 0.335 e. The van der Waals surface area contributed by atoms with Crippen LogP contribution in [0.4, 0.5) is 0 Å². The first-order valence-electron chi connectivity index (χ1n) is 5.32.